The number of benzene rings is 4. The predicted octanol–water partition coefficient (Wildman–Crippen LogP) is 9.69. The molecule has 19 heteroatoms. The van der Waals surface area contributed by atoms with Crippen LogP contribution in [0.3, 0.4) is 0 Å². The molecule has 11 rings (SSSR count). The normalized spacial score (nSPS) is 19.0. The number of thiophene rings is 1. The third-order valence-electron chi connectivity index (χ3n) is 13.6. The number of rotatable bonds is 11. The average Bonchev–Trinajstić information content (AvgIpc) is 3.66. The first-order valence-corrected chi connectivity index (χ1v) is 26.1. The fourth-order valence-corrected chi connectivity index (χ4v) is 11.2. The maximum absolute atomic E-state index is 14.4. The van der Waals surface area contributed by atoms with E-state index in [9.17, 15) is 14.3 Å². The van der Waals surface area contributed by atoms with Gasteiger partial charge in [-0.3, -0.25) is 4.90 Å². The van der Waals surface area contributed by atoms with Gasteiger partial charge in [0.25, 0.3) is 0 Å². The molecule has 4 aliphatic heterocycles. The molecule has 4 aliphatic rings. The zero-order valence-electron chi connectivity index (χ0n) is 41.5. The van der Waals surface area contributed by atoms with Crippen LogP contribution in [0.25, 0.3) is 43.2 Å². The van der Waals surface area contributed by atoms with Crippen molar-refractivity contribution in [2.45, 2.75) is 51.6 Å². The van der Waals surface area contributed by atoms with Crippen molar-refractivity contribution < 1.29 is 42.7 Å². The van der Waals surface area contributed by atoms with E-state index in [4.69, 9.17) is 56.6 Å². The minimum Gasteiger partial charge on any atom is -0.491 e. The molecule has 0 spiro atoms. The van der Waals surface area contributed by atoms with E-state index in [1.807, 2.05) is 38.1 Å². The fraction of sp³-hybridized carbons (Fsp3) is 0.364. The van der Waals surface area contributed by atoms with Crippen LogP contribution in [-0.2, 0) is 22.6 Å². The Balaban J connectivity index is 0.991. The van der Waals surface area contributed by atoms with Crippen LogP contribution < -0.4 is 23.7 Å². The number of carboxylic acids is 1. The van der Waals surface area contributed by atoms with Gasteiger partial charge in [-0.2, -0.15) is 0 Å². The minimum absolute atomic E-state index is 0.00707. The third kappa shape index (κ3) is 11.5. The van der Waals surface area contributed by atoms with E-state index in [0.717, 1.165) is 63.6 Å². The van der Waals surface area contributed by atoms with Crippen molar-refractivity contribution in [2.24, 2.45) is 0 Å². The van der Waals surface area contributed by atoms with Crippen LogP contribution >= 0.6 is 34.5 Å². The number of hydrogen-bond donors (Lipinski definition) is 1. The van der Waals surface area contributed by atoms with E-state index in [-0.39, 0.29) is 31.6 Å². The maximum atomic E-state index is 14.4. The van der Waals surface area contributed by atoms with Gasteiger partial charge in [0.05, 0.1) is 21.1 Å². The SMILES string of the molecule is Cc1c(Cl)c2c(Cl)c(C)c1-c1c(-c3ccc(F)cc3)sc3ncnc(c13)O[C@@H](C(=O)O)Cc1cc(ccc1OCc1ccnc(-c3ccc(OC[C@@H]4CN(C)CCCO4)cc3)n1)OC[C@@H](CN1CCN(C)CC1)O2. The molecule has 3 aromatic heterocycles. The summed E-state index contributed by atoms with van der Waals surface area (Å²) < 4.78 is 52.9. The van der Waals surface area contributed by atoms with Gasteiger partial charge in [0.1, 0.15) is 66.3 Å². The van der Waals surface area contributed by atoms with Crippen LogP contribution in [0.1, 0.15) is 28.8 Å². The molecule has 7 aromatic rings. The highest BCUT2D eigenvalue weighted by Gasteiger charge is 2.32. The summed E-state index contributed by atoms with van der Waals surface area (Å²) in [5.41, 5.74) is 5.14. The Morgan fingerprint density at radius 2 is 1.61 bits per heavy atom. The van der Waals surface area contributed by atoms with Gasteiger partial charge in [0.15, 0.2) is 11.6 Å². The number of piperazine rings is 1. The summed E-state index contributed by atoms with van der Waals surface area (Å²) in [6.07, 6.45) is 1.82. The Bertz CT molecular complexity index is 3110. The minimum atomic E-state index is -1.48. The quantitative estimate of drug-likeness (QED) is 0.131. The summed E-state index contributed by atoms with van der Waals surface area (Å²) in [5.74, 6) is 0.759. The molecule has 4 bridgehead atoms. The van der Waals surface area contributed by atoms with E-state index in [1.54, 1.807) is 42.6 Å². The van der Waals surface area contributed by atoms with E-state index < -0.39 is 24.0 Å². The Morgan fingerprint density at radius 3 is 2.36 bits per heavy atom. The molecule has 0 saturated carbocycles. The molecule has 0 unspecified atom stereocenters. The average molecular weight is 1070 g/mol. The Kier molecular flexibility index (Phi) is 15.8. The summed E-state index contributed by atoms with van der Waals surface area (Å²) >= 11 is 16.0. The number of nitrogens with zero attached hydrogens (tertiary/aromatic N) is 7. The van der Waals surface area contributed by atoms with Gasteiger partial charge >= 0.3 is 5.97 Å². The number of fused-ring (bicyclic) bond motifs is 7. The number of carbonyl (C=O) groups is 1. The number of aromatic nitrogens is 4. The van der Waals surface area contributed by atoms with Crippen molar-refractivity contribution >= 4 is 50.7 Å². The second-order valence-corrected chi connectivity index (χ2v) is 20.7. The fourth-order valence-electron chi connectivity index (χ4n) is 9.55. The van der Waals surface area contributed by atoms with E-state index >= 15 is 0 Å². The van der Waals surface area contributed by atoms with Crippen molar-refractivity contribution in [3.05, 3.63) is 124 Å². The third-order valence-corrected chi connectivity index (χ3v) is 15.6. The highest BCUT2D eigenvalue weighted by molar-refractivity contribution is 7.22. The predicted molar refractivity (Wildman–Crippen MR) is 283 cm³/mol. The summed E-state index contributed by atoms with van der Waals surface area (Å²) in [7, 11) is 4.20. The number of aliphatic carboxylic acids is 1. The summed E-state index contributed by atoms with van der Waals surface area (Å²) in [4.78, 5) is 40.1. The van der Waals surface area contributed by atoms with Gasteiger partial charge in [-0.05, 0) is 117 Å². The Labute approximate surface area is 442 Å². The molecule has 3 atom stereocenters. The van der Waals surface area contributed by atoms with E-state index in [1.165, 1.54) is 29.8 Å². The van der Waals surface area contributed by atoms with Crippen molar-refractivity contribution in [3.8, 4) is 61.8 Å². The molecule has 0 radical (unpaired) electrons. The lowest BCUT2D eigenvalue weighted by molar-refractivity contribution is -0.145. The zero-order chi connectivity index (χ0) is 51.5. The monoisotopic (exact) mass is 1060 g/mol. The Morgan fingerprint density at radius 1 is 0.851 bits per heavy atom. The Hall–Kier alpha value is -6.18. The number of carboxylic acid groups (broad SMARTS) is 1. The van der Waals surface area contributed by atoms with Crippen molar-refractivity contribution in [1.29, 1.82) is 0 Å². The molecular formula is C55H56Cl2FN7O8S. The molecule has 0 amide bonds. The topological polar surface area (TPSA) is 154 Å². The molecule has 7 heterocycles. The largest absolute Gasteiger partial charge is 0.491 e. The van der Waals surface area contributed by atoms with Crippen LogP contribution in [-0.4, -0.2) is 144 Å². The lowest BCUT2D eigenvalue weighted by Crippen LogP contribution is -2.49. The molecule has 74 heavy (non-hydrogen) atoms. The van der Waals surface area contributed by atoms with Gasteiger partial charge in [0.2, 0.25) is 12.0 Å². The zero-order valence-corrected chi connectivity index (χ0v) is 43.8. The second-order valence-electron chi connectivity index (χ2n) is 18.9. The molecular weight excluding hydrogens is 1010 g/mol. The first kappa shape index (κ1) is 51.3. The highest BCUT2D eigenvalue weighted by Crippen LogP contribution is 2.53. The van der Waals surface area contributed by atoms with Gasteiger partial charge in [-0.1, -0.05) is 35.3 Å². The molecule has 4 aromatic carbocycles. The van der Waals surface area contributed by atoms with Crippen LogP contribution in [0, 0.1) is 19.7 Å². The molecule has 2 saturated heterocycles. The molecule has 2 fully saturated rings. The van der Waals surface area contributed by atoms with Gasteiger partial charge in [0, 0.05) is 86.6 Å². The van der Waals surface area contributed by atoms with Gasteiger partial charge < -0.3 is 43.3 Å². The summed E-state index contributed by atoms with van der Waals surface area (Å²) in [5, 5.41) is 12.0. The lowest BCUT2D eigenvalue weighted by Gasteiger charge is -2.35. The first-order chi connectivity index (χ1) is 35.8. The van der Waals surface area contributed by atoms with E-state index in [2.05, 4.69) is 43.7 Å². The number of likely N-dealkylation sites (N-methyl/N-ethyl adjacent to an activating group) is 2. The molecule has 386 valence electrons. The standard InChI is InChI=1S/C55H56Cl2FN7O8S/c1-32-45-33(2)49(57)50(48(32)56)72-42(27-65-21-19-63(3)20-22-65)30-70-40-14-15-43(71-28-38-16-17-59-52(62-38)35-8-12-39(13-9-35)69-29-41-26-64(4)18-5-23-68-41)36(24-40)25-44(55(66)67)73-53-47-46(45)51(74-54(47)61-31-60-53)34-6-10-37(58)11-7-34/h6-17,24,31,41-42,44H,5,18-23,25-30H2,1-4H3,(H,66,67)/t41-,42+,44+/m0/s1. The van der Waals surface area contributed by atoms with Gasteiger partial charge in [-0.25, -0.2) is 29.1 Å². The maximum Gasteiger partial charge on any atom is 0.345 e. The van der Waals surface area contributed by atoms with Crippen LogP contribution in [0.15, 0.2) is 85.3 Å². The van der Waals surface area contributed by atoms with Crippen LogP contribution in [0.2, 0.25) is 10.0 Å². The number of hydrogen-bond acceptors (Lipinski definition) is 15. The van der Waals surface area contributed by atoms with Crippen molar-refractivity contribution in [2.75, 3.05) is 79.7 Å². The van der Waals surface area contributed by atoms with E-state index in [0.29, 0.717) is 100 Å². The first-order valence-electron chi connectivity index (χ1n) is 24.6. The van der Waals surface area contributed by atoms with Gasteiger partial charge in [-0.15, -0.1) is 11.3 Å². The summed E-state index contributed by atoms with van der Waals surface area (Å²) in [6.45, 7) is 10.8. The van der Waals surface area contributed by atoms with Crippen LogP contribution in [0.4, 0.5) is 4.39 Å². The highest BCUT2D eigenvalue weighted by atomic mass is 35.5. The molecule has 0 aliphatic carbocycles. The lowest BCUT2D eigenvalue weighted by atomic mass is 9.92. The second kappa shape index (κ2) is 22.7. The van der Waals surface area contributed by atoms with Crippen LogP contribution in [0.5, 0.6) is 28.9 Å². The number of ether oxygens (including phenoxy) is 6. The van der Waals surface area contributed by atoms with Crippen molar-refractivity contribution in [1.82, 2.24) is 34.6 Å². The summed E-state index contributed by atoms with van der Waals surface area (Å²) in [6, 6.07) is 20.8. The molecule has 1 N–H and O–H groups in total. The smallest absolute Gasteiger partial charge is 0.345 e. The number of halogens is 3. The van der Waals surface area contributed by atoms with Crippen molar-refractivity contribution in [3.63, 3.8) is 0 Å². The molecule has 15 nitrogen and oxygen atoms in total.